The van der Waals surface area contributed by atoms with Gasteiger partial charge >= 0.3 is 0 Å². The highest BCUT2D eigenvalue weighted by Crippen LogP contribution is 2.34. The number of hydrogen-bond donors (Lipinski definition) is 1. The quantitative estimate of drug-likeness (QED) is 0.631. The summed E-state index contributed by atoms with van der Waals surface area (Å²) in [5, 5.41) is 12.9. The average Bonchev–Trinajstić information content (AvgIpc) is 3.01. The third-order valence-corrected chi connectivity index (χ3v) is 5.17. The molecule has 0 aliphatic carbocycles. The van der Waals surface area contributed by atoms with Crippen LogP contribution >= 0.6 is 11.8 Å². The molecule has 1 aliphatic heterocycles. The minimum absolute atomic E-state index is 0.361. The molecule has 0 atom stereocenters. The Morgan fingerprint density at radius 3 is 2.46 bits per heavy atom. The van der Waals surface area contributed by atoms with Gasteiger partial charge < -0.3 is 4.74 Å². The van der Waals surface area contributed by atoms with Gasteiger partial charge in [-0.25, -0.2) is 0 Å². The number of carbonyl (C=O) groups is 2. The molecule has 4 rings (SSSR count). The predicted molar refractivity (Wildman–Crippen MR) is 109 cm³/mol. The van der Waals surface area contributed by atoms with E-state index < -0.39 is 0 Å². The lowest BCUT2D eigenvalue weighted by Gasteiger charge is -2.12. The Bertz CT molecular complexity index is 1210. The molecule has 28 heavy (non-hydrogen) atoms. The number of carbonyl (C=O) groups excluding carboxylic acids is 2. The first-order valence-electron chi connectivity index (χ1n) is 8.50. The number of hydrogen-bond acceptors (Lipinski definition) is 5. The van der Waals surface area contributed by atoms with Crippen molar-refractivity contribution in [3.8, 4) is 17.6 Å². The highest BCUT2D eigenvalue weighted by Gasteiger charge is 2.24. The number of nitrogens with zero attached hydrogens (tertiary/aromatic N) is 1. The van der Waals surface area contributed by atoms with E-state index in [-0.39, 0.29) is 11.1 Å². The van der Waals surface area contributed by atoms with Gasteiger partial charge in [0.15, 0.2) is 0 Å². The zero-order valence-corrected chi connectivity index (χ0v) is 15.7. The summed E-state index contributed by atoms with van der Waals surface area (Å²) in [7, 11) is 0. The van der Waals surface area contributed by atoms with Gasteiger partial charge in [0.05, 0.1) is 16.5 Å². The van der Waals surface area contributed by atoms with Crippen molar-refractivity contribution < 1.29 is 14.3 Å². The molecule has 0 bridgehead atoms. The Kier molecular flexibility index (Phi) is 4.60. The summed E-state index contributed by atoms with van der Waals surface area (Å²) in [6.45, 7) is 1.91. The fourth-order valence-electron chi connectivity index (χ4n) is 3.03. The van der Waals surface area contributed by atoms with Gasteiger partial charge in [-0.1, -0.05) is 30.3 Å². The van der Waals surface area contributed by atoms with Crippen LogP contribution in [0, 0.1) is 18.3 Å². The molecule has 0 spiro atoms. The Balaban J connectivity index is 1.66. The molecule has 136 valence electrons. The van der Waals surface area contributed by atoms with E-state index in [4.69, 9.17) is 4.74 Å². The lowest BCUT2D eigenvalue weighted by atomic mass is 10.0. The Morgan fingerprint density at radius 2 is 1.79 bits per heavy atom. The molecule has 1 aliphatic rings. The molecular formula is C22H14N2O3S. The largest absolute Gasteiger partial charge is 0.456 e. The zero-order valence-electron chi connectivity index (χ0n) is 14.9. The second-order valence-electron chi connectivity index (χ2n) is 6.25. The van der Waals surface area contributed by atoms with Crippen molar-refractivity contribution in [3.63, 3.8) is 0 Å². The Labute approximate surface area is 165 Å². The monoisotopic (exact) mass is 386 g/mol. The maximum absolute atomic E-state index is 11.7. The summed E-state index contributed by atoms with van der Waals surface area (Å²) in [6, 6.07) is 18.9. The minimum Gasteiger partial charge on any atom is -0.456 e. The summed E-state index contributed by atoms with van der Waals surface area (Å²) in [4.78, 5) is 23.3. The van der Waals surface area contributed by atoms with Crippen molar-refractivity contribution >= 4 is 39.8 Å². The molecule has 1 heterocycles. The number of aryl methyl sites for hydroxylation is 1. The normalized spacial score (nSPS) is 14.9. The van der Waals surface area contributed by atoms with Gasteiger partial charge in [0.1, 0.15) is 11.5 Å². The van der Waals surface area contributed by atoms with Crippen molar-refractivity contribution in [2.75, 3.05) is 0 Å². The van der Waals surface area contributed by atoms with Crippen LogP contribution in [0.3, 0.4) is 0 Å². The van der Waals surface area contributed by atoms with Crippen LogP contribution in [0.5, 0.6) is 11.5 Å². The van der Waals surface area contributed by atoms with Gasteiger partial charge in [-0.05, 0) is 60.2 Å². The number of imide groups is 1. The highest BCUT2D eigenvalue weighted by molar-refractivity contribution is 8.18. The maximum Gasteiger partial charge on any atom is 0.290 e. The van der Waals surface area contributed by atoms with E-state index in [9.17, 15) is 14.9 Å². The van der Waals surface area contributed by atoms with E-state index >= 15 is 0 Å². The van der Waals surface area contributed by atoms with E-state index in [1.807, 2.05) is 49.4 Å². The minimum atomic E-state index is -0.378. The Hall–Kier alpha value is -3.56. The Morgan fingerprint density at radius 1 is 1.04 bits per heavy atom. The number of ether oxygens (including phenoxy) is 1. The molecule has 1 N–H and O–H groups in total. The van der Waals surface area contributed by atoms with Crippen LogP contribution < -0.4 is 10.1 Å². The van der Waals surface area contributed by atoms with E-state index in [0.717, 1.165) is 33.7 Å². The molecule has 0 aromatic heterocycles. The molecule has 0 saturated carbocycles. The van der Waals surface area contributed by atoms with Gasteiger partial charge in [0.2, 0.25) is 0 Å². The first-order chi connectivity index (χ1) is 13.5. The van der Waals surface area contributed by atoms with Crippen molar-refractivity contribution in [1.29, 1.82) is 5.26 Å². The molecule has 0 unspecified atom stereocenters. The number of amides is 2. The summed E-state index contributed by atoms with van der Waals surface area (Å²) in [5.74, 6) is 0.966. The molecule has 2 amide bonds. The SMILES string of the molecule is Cc1cc(/C=C2\SC(=O)NC2=O)ccc1Oc1ccc(C#N)c2ccccc12. The fraction of sp³-hybridized carbons (Fsp3) is 0.0455. The standard InChI is InChI=1S/C22H14N2O3S/c1-13-10-14(11-20-21(25)24-22(26)28-20)6-8-18(13)27-19-9-7-15(12-23)16-4-2-3-5-17(16)19/h2-11H,1H3,(H,24,25,26)/b20-11-. The molecule has 0 radical (unpaired) electrons. The lowest BCUT2D eigenvalue weighted by Crippen LogP contribution is -2.17. The van der Waals surface area contributed by atoms with Crippen LogP contribution in [0.1, 0.15) is 16.7 Å². The molecule has 6 heteroatoms. The molecule has 3 aromatic rings. The number of fused-ring (bicyclic) bond motifs is 1. The highest BCUT2D eigenvalue weighted by atomic mass is 32.2. The van der Waals surface area contributed by atoms with E-state index in [1.165, 1.54) is 0 Å². The summed E-state index contributed by atoms with van der Waals surface area (Å²) in [5.41, 5.74) is 2.29. The summed E-state index contributed by atoms with van der Waals surface area (Å²) in [6.07, 6.45) is 1.68. The summed E-state index contributed by atoms with van der Waals surface area (Å²) < 4.78 is 6.12. The number of benzene rings is 3. The van der Waals surface area contributed by atoms with E-state index in [0.29, 0.717) is 22.0 Å². The maximum atomic E-state index is 11.7. The fourth-order valence-corrected chi connectivity index (χ4v) is 3.71. The first kappa shape index (κ1) is 17.8. The third-order valence-electron chi connectivity index (χ3n) is 4.36. The number of thioether (sulfide) groups is 1. The van der Waals surface area contributed by atoms with Crippen molar-refractivity contribution in [2.24, 2.45) is 0 Å². The van der Waals surface area contributed by atoms with Crippen LogP contribution in [0.2, 0.25) is 0 Å². The topological polar surface area (TPSA) is 79.2 Å². The van der Waals surface area contributed by atoms with Crippen LogP contribution in [-0.2, 0) is 4.79 Å². The summed E-state index contributed by atoms with van der Waals surface area (Å²) >= 11 is 0.890. The molecule has 1 saturated heterocycles. The predicted octanol–water partition coefficient (Wildman–Crippen LogP) is 5.14. The van der Waals surface area contributed by atoms with Gasteiger partial charge in [-0.2, -0.15) is 5.26 Å². The van der Waals surface area contributed by atoms with Crippen molar-refractivity contribution in [2.45, 2.75) is 6.92 Å². The number of rotatable bonds is 3. The molecule has 1 fully saturated rings. The zero-order chi connectivity index (χ0) is 19.7. The first-order valence-corrected chi connectivity index (χ1v) is 9.32. The molecule has 3 aromatic carbocycles. The molecule has 5 nitrogen and oxygen atoms in total. The number of nitriles is 1. The smallest absolute Gasteiger partial charge is 0.290 e. The van der Waals surface area contributed by atoms with Gasteiger partial charge in [0, 0.05) is 10.8 Å². The second kappa shape index (κ2) is 7.22. The van der Waals surface area contributed by atoms with E-state index in [1.54, 1.807) is 18.2 Å². The van der Waals surface area contributed by atoms with Gasteiger partial charge in [-0.15, -0.1) is 0 Å². The van der Waals surface area contributed by atoms with Crippen molar-refractivity contribution in [1.82, 2.24) is 5.32 Å². The van der Waals surface area contributed by atoms with Gasteiger partial charge in [-0.3, -0.25) is 14.9 Å². The van der Waals surface area contributed by atoms with Crippen LogP contribution in [-0.4, -0.2) is 11.1 Å². The van der Waals surface area contributed by atoms with Gasteiger partial charge in [0.25, 0.3) is 11.1 Å². The number of nitrogens with one attached hydrogen (secondary N) is 1. The molecular weight excluding hydrogens is 372 g/mol. The average molecular weight is 386 g/mol. The second-order valence-corrected chi connectivity index (χ2v) is 7.26. The van der Waals surface area contributed by atoms with Crippen molar-refractivity contribution in [3.05, 3.63) is 76.2 Å². The van der Waals surface area contributed by atoms with Crippen LogP contribution in [0.4, 0.5) is 4.79 Å². The lowest BCUT2D eigenvalue weighted by molar-refractivity contribution is -0.115. The van der Waals surface area contributed by atoms with E-state index in [2.05, 4.69) is 11.4 Å². The van der Waals surface area contributed by atoms with Crippen LogP contribution in [0.15, 0.2) is 59.5 Å². The van der Waals surface area contributed by atoms with Crippen LogP contribution in [0.25, 0.3) is 16.8 Å². The third kappa shape index (κ3) is 3.36.